The summed E-state index contributed by atoms with van der Waals surface area (Å²) in [4.78, 5) is 5.28. The Labute approximate surface area is 157 Å². The minimum absolute atomic E-state index is 0.306. The van der Waals surface area contributed by atoms with E-state index in [1.54, 1.807) is 34.6 Å². The summed E-state index contributed by atoms with van der Waals surface area (Å²) in [6, 6.07) is 13.4. The Morgan fingerprint density at radius 3 is 2.89 bits per heavy atom. The molecule has 0 radical (unpaired) electrons. The smallest absolute Gasteiger partial charge is 0.240 e. The Balaban J connectivity index is 1.61. The van der Waals surface area contributed by atoms with Crippen LogP contribution in [0.1, 0.15) is 5.69 Å². The molecule has 0 bridgehead atoms. The molecule has 0 saturated heterocycles. The monoisotopic (exact) mass is 375 g/mol. The average molecular weight is 375 g/mol. The van der Waals surface area contributed by atoms with Crippen LogP contribution in [0, 0.1) is 0 Å². The van der Waals surface area contributed by atoms with Crippen molar-refractivity contribution in [3.05, 3.63) is 72.3 Å². The lowest BCUT2D eigenvalue weighted by Crippen LogP contribution is -2.04. The largest absolute Gasteiger partial charge is 0.472 e. The van der Waals surface area contributed by atoms with E-state index in [1.807, 2.05) is 47.8 Å². The first-order valence-electron chi connectivity index (χ1n) is 8.24. The molecule has 5 heterocycles. The Kier molecular flexibility index (Phi) is 3.87. The lowest BCUT2D eigenvalue weighted by atomic mass is 10.1. The maximum absolute atomic E-state index is 6.01. The molecule has 5 aromatic rings. The summed E-state index contributed by atoms with van der Waals surface area (Å²) in [5.41, 5.74) is 3.11. The third-order valence-corrected chi connectivity index (χ3v) is 4.88. The Bertz CT molecular complexity index is 1170. The molecule has 0 aromatic carbocycles. The van der Waals surface area contributed by atoms with Crippen molar-refractivity contribution >= 4 is 17.0 Å². The number of nitrogens with zero attached hydrogens (tertiary/aromatic N) is 5. The van der Waals surface area contributed by atoms with Crippen LogP contribution >= 0.6 is 11.3 Å². The molecule has 8 heteroatoms. The third-order valence-electron chi connectivity index (χ3n) is 4.02. The van der Waals surface area contributed by atoms with Gasteiger partial charge in [-0.15, -0.1) is 26.6 Å². The van der Waals surface area contributed by atoms with Crippen molar-refractivity contribution in [1.29, 1.82) is 0 Å². The van der Waals surface area contributed by atoms with Crippen LogP contribution in [0.3, 0.4) is 0 Å². The van der Waals surface area contributed by atoms with E-state index in [2.05, 4.69) is 20.3 Å². The summed E-state index contributed by atoms with van der Waals surface area (Å²) in [6.07, 6.45) is 5.00. The minimum Gasteiger partial charge on any atom is -0.472 e. The standard InChI is InChI=1S/C19H13N5O2S/c1-2-7-20-14(4-1)12-26-19-15(13-6-8-25-11-13)10-17-21-22-18(24(17)23-19)16-5-3-9-27-16/h1-11H,12H2. The van der Waals surface area contributed by atoms with Gasteiger partial charge >= 0.3 is 0 Å². The van der Waals surface area contributed by atoms with E-state index in [-0.39, 0.29) is 0 Å². The molecule has 0 spiro atoms. The zero-order valence-electron chi connectivity index (χ0n) is 14.0. The Hall–Kier alpha value is -3.52. The molecule has 5 aromatic heterocycles. The molecular weight excluding hydrogens is 362 g/mol. The van der Waals surface area contributed by atoms with E-state index in [1.165, 1.54) is 0 Å². The first-order valence-corrected chi connectivity index (χ1v) is 9.12. The molecule has 0 aliphatic heterocycles. The van der Waals surface area contributed by atoms with Crippen molar-refractivity contribution in [2.45, 2.75) is 6.61 Å². The van der Waals surface area contributed by atoms with Gasteiger partial charge in [0.15, 0.2) is 11.5 Å². The average Bonchev–Trinajstić information content (AvgIpc) is 3.47. The van der Waals surface area contributed by atoms with Crippen LogP contribution in [-0.2, 0) is 6.61 Å². The van der Waals surface area contributed by atoms with Crippen LogP contribution in [0.25, 0.3) is 27.5 Å². The molecule has 0 amide bonds. The summed E-state index contributed by atoms with van der Waals surface area (Å²) in [5.74, 6) is 1.15. The first kappa shape index (κ1) is 15.7. The third kappa shape index (κ3) is 2.96. The quantitative estimate of drug-likeness (QED) is 0.460. The molecule has 0 atom stereocenters. The second-order valence-corrected chi connectivity index (χ2v) is 6.70. The second-order valence-electron chi connectivity index (χ2n) is 5.76. The van der Waals surface area contributed by atoms with Crippen LogP contribution in [0.2, 0.25) is 0 Å². The number of furan rings is 1. The summed E-state index contributed by atoms with van der Waals surface area (Å²) >= 11 is 1.58. The number of aromatic nitrogens is 5. The van der Waals surface area contributed by atoms with Crippen LogP contribution in [0.15, 0.2) is 71.0 Å². The van der Waals surface area contributed by atoms with Crippen molar-refractivity contribution in [2.24, 2.45) is 0 Å². The van der Waals surface area contributed by atoms with E-state index in [0.29, 0.717) is 24.0 Å². The maximum Gasteiger partial charge on any atom is 0.240 e. The van der Waals surface area contributed by atoms with E-state index in [4.69, 9.17) is 9.15 Å². The molecule has 27 heavy (non-hydrogen) atoms. The van der Waals surface area contributed by atoms with E-state index in [9.17, 15) is 0 Å². The van der Waals surface area contributed by atoms with E-state index >= 15 is 0 Å². The van der Waals surface area contributed by atoms with Gasteiger partial charge in [0, 0.05) is 11.8 Å². The fourth-order valence-corrected chi connectivity index (χ4v) is 3.43. The minimum atomic E-state index is 0.306. The van der Waals surface area contributed by atoms with Gasteiger partial charge in [0.2, 0.25) is 5.88 Å². The first-order chi connectivity index (χ1) is 13.4. The second kappa shape index (κ2) is 6.65. The molecule has 0 fully saturated rings. The topological polar surface area (TPSA) is 78.3 Å². The normalized spacial score (nSPS) is 11.1. The summed E-state index contributed by atoms with van der Waals surface area (Å²) < 4.78 is 12.9. The van der Waals surface area contributed by atoms with Gasteiger partial charge in [-0.1, -0.05) is 12.1 Å². The lowest BCUT2D eigenvalue weighted by molar-refractivity contribution is 0.286. The molecule has 0 N–H and O–H groups in total. The molecule has 7 nitrogen and oxygen atoms in total. The van der Waals surface area contributed by atoms with Crippen molar-refractivity contribution in [1.82, 2.24) is 24.8 Å². The maximum atomic E-state index is 6.01. The van der Waals surface area contributed by atoms with E-state index in [0.717, 1.165) is 21.7 Å². The number of rotatable bonds is 5. The highest BCUT2D eigenvalue weighted by Crippen LogP contribution is 2.32. The lowest BCUT2D eigenvalue weighted by Gasteiger charge is -2.10. The number of ether oxygens (including phenoxy) is 1. The zero-order valence-corrected chi connectivity index (χ0v) is 14.8. The molecule has 0 saturated carbocycles. The Morgan fingerprint density at radius 2 is 2.11 bits per heavy atom. The van der Waals surface area contributed by atoms with Gasteiger partial charge in [-0.2, -0.15) is 4.52 Å². The number of thiophene rings is 1. The molecule has 5 rings (SSSR count). The summed E-state index contributed by atoms with van der Waals surface area (Å²) in [6.45, 7) is 0.306. The van der Waals surface area contributed by atoms with Crippen LogP contribution in [-0.4, -0.2) is 24.8 Å². The fourth-order valence-electron chi connectivity index (χ4n) is 2.73. The number of pyridine rings is 1. The number of hydrogen-bond donors (Lipinski definition) is 0. The fraction of sp³-hybridized carbons (Fsp3) is 0.0526. The molecule has 0 unspecified atom stereocenters. The van der Waals surface area contributed by atoms with Gasteiger partial charge in [-0.3, -0.25) is 4.98 Å². The molecular formula is C19H13N5O2S. The van der Waals surface area contributed by atoms with Crippen LogP contribution in [0.4, 0.5) is 0 Å². The summed E-state index contributed by atoms with van der Waals surface area (Å²) in [7, 11) is 0. The molecule has 0 aliphatic carbocycles. The highest BCUT2D eigenvalue weighted by molar-refractivity contribution is 7.13. The highest BCUT2D eigenvalue weighted by atomic mass is 32.1. The van der Waals surface area contributed by atoms with Crippen molar-refractivity contribution in [2.75, 3.05) is 0 Å². The predicted molar refractivity (Wildman–Crippen MR) is 100 cm³/mol. The zero-order chi connectivity index (χ0) is 18.1. The van der Waals surface area contributed by atoms with Gasteiger partial charge < -0.3 is 9.15 Å². The van der Waals surface area contributed by atoms with Gasteiger partial charge in [0.1, 0.15) is 6.61 Å². The van der Waals surface area contributed by atoms with Crippen LogP contribution in [0.5, 0.6) is 5.88 Å². The predicted octanol–water partition coefficient (Wildman–Crippen LogP) is 4.09. The van der Waals surface area contributed by atoms with Crippen molar-refractivity contribution in [3.63, 3.8) is 0 Å². The number of hydrogen-bond acceptors (Lipinski definition) is 7. The van der Waals surface area contributed by atoms with Crippen molar-refractivity contribution in [3.8, 4) is 27.7 Å². The SMILES string of the molecule is c1ccc(COc2nn3c(-c4cccs4)nnc3cc2-c2ccoc2)nc1. The van der Waals surface area contributed by atoms with E-state index < -0.39 is 0 Å². The molecule has 132 valence electrons. The van der Waals surface area contributed by atoms with Gasteiger partial charge in [-0.05, 0) is 35.7 Å². The molecule has 0 aliphatic rings. The van der Waals surface area contributed by atoms with Gasteiger partial charge in [-0.25, -0.2) is 0 Å². The van der Waals surface area contributed by atoms with Crippen molar-refractivity contribution < 1.29 is 9.15 Å². The van der Waals surface area contributed by atoms with Crippen LogP contribution < -0.4 is 4.74 Å². The van der Waals surface area contributed by atoms with Gasteiger partial charge in [0.25, 0.3) is 0 Å². The highest BCUT2D eigenvalue weighted by Gasteiger charge is 2.17. The Morgan fingerprint density at radius 1 is 1.11 bits per heavy atom. The summed E-state index contributed by atoms with van der Waals surface area (Å²) in [5, 5.41) is 15.2. The number of fused-ring (bicyclic) bond motifs is 1. The van der Waals surface area contributed by atoms with Gasteiger partial charge in [0.05, 0.1) is 28.7 Å².